The summed E-state index contributed by atoms with van der Waals surface area (Å²) >= 11 is 0. The van der Waals surface area contributed by atoms with Gasteiger partial charge in [-0.05, 0) is 48.9 Å². The summed E-state index contributed by atoms with van der Waals surface area (Å²) in [5.41, 5.74) is 1.79. The molecule has 23 heavy (non-hydrogen) atoms. The number of carbonyl (C=O) groups is 1. The first-order valence-corrected chi connectivity index (χ1v) is 8.67. The highest BCUT2D eigenvalue weighted by molar-refractivity contribution is 5.94. The van der Waals surface area contributed by atoms with E-state index in [-0.39, 0.29) is 5.91 Å². The van der Waals surface area contributed by atoms with Crippen molar-refractivity contribution in [2.75, 3.05) is 33.3 Å². The molecule has 1 N–H and O–H groups in total. The SMILES string of the molecule is COCc1ccc(C(=O)NCCCN2C[C@H](C)C[C@@H](C)C2)cc1. The fourth-order valence-corrected chi connectivity index (χ4v) is 3.50. The summed E-state index contributed by atoms with van der Waals surface area (Å²) in [4.78, 5) is 14.6. The number of benzene rings is 1. The predicted octanol–water partition coefficient (Wildman–Crippen LogP) is 2.93. The number of nitrogens with one attached hydrogen (secondary N) is 1. The molecule has 0 unspecified atom stereocenters. The van der Waals surface area contributed by atoms with Gasteiger partial charge in [0.2, 0.25) is 0 Å². The maximum absolute atomic E-state index is 12.1. The zero-order valence-corrected chi connectivity index (χ0v) is 14.7. The van der Waals surface area contributed by atoms with Gasteiger partial charge < -0.3 is 15.0 Å². The molecular formula is C19H30N2O2. The van der Waals surface area contributed by atoms with Crippen molar-refractivity contribution < 1.29 is 9.53 Å². The molecular weight excluding hydrogens is 288 g/mol. The molecule has 0 spiro atoms. The maximum atomic E-state index is 12.1. The van der Waals surface area contributed by atoms with Crippen LogP contribution in [0.5, 0.6) is 0 Å². The van der Waals surface area contributed by atoms with E-state index >= 15 is 0 Å². The van der Waals surface area contributed by atoms with E-state index < -0.39 is 0 Å². The lowest BCUT2D eigenvalue weighted by molar-refractivity contribution is 0.0947. The molecule has 4 nitrogen and oxygen atoms in total. The minimum atomic E-state index is 0.00865. The third-order valence-electron chi connectivity index (χ3n) is 4.41. The van der Waals surface area contributed by atoms with E-state index in [2.05, 4.69) is 24.1 Å². The summed E-state index contributed by atoms with van der Waals surface area (Å²) in [5.74, 6) is 1.59. The average molecular weight is 318 g/mol. The number of ether oxygens (including phenoxy) is 1. The van der Waals surface area contributed by atoms with Crippen molar-refractivity contribution in [3.05, 3.63) is 35.4 Å². The first-order chi connectivity index (χ1) is 11.1. The van der Waals surface area contributed by atoms with Crippen molar-refractivity contribution in [1.29, 1.82) is 0 Å². The summed E-state index contributed by atoms with van der Waals surface area (Å²) in [7, 11) is 1.67. The van der Waals surface area contributed by atoms with Crippen LogP contribution in [0.4, 0.5) is 0 Å². The van der Waals surface area contributed by atoms with E-state index in [1.54, 1.807) is 7.11 Å². The van der Waals surface area contributed by atoms with Crippen LogP contribution in [0.25, 0.3) is 0 Å². The minimum absolute atomic E-state index is 0.00865. The lowest BCUT2D eigenvalue weighted by Gasteiger charge is -2.34. The van der Waals surface area contributed by atoms with Crippen molar-refractivity contribution in [3.8, 4) is 0 Å². The van der Waals surface area contributed by atoms with Crippen molar-refractivity contribution >= 4 is 5.91 Å². The van der Waals surface area contributed by atoms with Gasteiger partial charge >= 0.3 is 0 Å². The number of hydrogen-bond acceptors (Lipinski definition) is 3. The zero-order chi connectivity index (χ0) is 16.7. The van der Waals surface area contributed by atoms with Crippen molar-refractivity contribution in [1.82, 2.24) is 10.2 Å². The molecule has 1 heterocycles. The van der Waals surface area contributed by atoms with Crippen molar-refractivity contribution in [3.63, 3.8) is 0 Å². The Labute approximate surface area is 140 Å². The monoisotopic (exact) mass is 318 g/mol. The Balaban J connectivity index is 1.68. The Kier molecular flexibility index (Phi) is 7.06. The van der Waals surface area contributed by atoms with Crippen LogP contribution in [0.1, 0.15) is 42.6 Å². The van der Waals surface area contributed by atoms with E-state index in [0.29, 0.717) is 12.2 Å². The van der Waals surface area contributed by atoms with Gasteiger partial charge in [0.25, 0.3) is 5.91 Å². The van der Waals surface area contributed by atoms with Gasteiger partial charge in [-0.2, -0.15) is 0 Å². The Bertz CT molecular complexity index is 477. The van der Waals surface area contributed by atoms with Crippen LogP contribution in [0.2, 0.25) is 0 Å². The highest BCUT2D eigenvalue weighted by atomic mass is 16.5. The normalized spacial score (nSPS) is 22.0. The molecule has 4 heteroatoms. The molecule has 1 amide bonds. The van der Waals surface area contributed by atoms with Crippen molar-refractivity contribution in [2.24, 2.45) is 11.8 Å². The standard InChI is InChI=1S/C19H30N2O2/c1-15-11-16(2)13-21(12-15)10-4-9-20-19(22)18-7-5-17(6-8-18)14-23-3/h5-8,15-16H,4,9-14H2,1-3H3,(H,20,22)/t15-,16-/m1/s1. The van der Waals surface area contributed by atoms with E-state index in [0.717, 1.165) is 36.9 Å². The maximum Gasteiger partial charge on any atom is 0.251 e. The second kappa shape index (κ2) is 9.04. The molecule has 1 aliphatic heterocycles. The fourth-order valence-electron chi connectivity index (χ4n) is 3.50. The first kappa shape index (κ1) is 18.0. The van der Waals surface area contributed by atoms with Crippen LogP contribution in [0.15, 0.2) is 24.3 Å². The lowest BCUT2D eigenvalue weighted by atomic mass is 9.92. The summed E-state index contributed by atoms with van der Waals surface area (Å²) in [6.45, 7) is 9.43. The van der Waals surface area contributed by atoms with Gasteiger partial charge in [-0.1, -0.05) is 26.0 Å². The van der Waals surface area contributed by atoms with E-state index in [1.165, 1.54) is 19.5 Å². The molecule has 1 aromatic carbocycles. The molecule has 2 atom stereocenters. The second-order valence-corrected chi connectivity index (χ2v) is 6.95. The average Bonchev–Trinajstić information content (AvgIpc) is 2.51. The number of rotatable bonds is 7. The summed E-state index contributed by atoms with van der Waals surface area (Å²) < 4.78 is 5.08. The number of methoxy groups -OCH3 is 1. The molecule has 1 aliphatic rings. The number of carbonyl (C=O) groups excluding carboxylic acids is 1. The van der Waals surface area contributed by atoms with Gasteiger partial charge in [0.15, 0.2) is 0 Å². The van der Waals surface area contributed by atoms with Gasteiger partial charge in [-0.25, -0.2) is 0 Å². The topological polar surface area (TPSA) is 41.6 Å². The van der Waals surface area contributed by atoms with E-state index in [9.17, 15) is 4.79 Å². The van der Waals surface area contributed by atoms with Crippen LogP contribution >= 0.6 is 0 Å². The van der Waals surface area contributed by atoms with Gasteiger partial charge in [-0.3, -0.25) is 4.79 Å². The van der Waals surface area contributed by atoms with Crippen molar-refractivity contribution in [2.45, 2.75) is 33.3 Å². The first-order valence-electron chi connectivity index (χ1n) is 8.67. The number of piperidine rings is 1. The lowest BCUT2D eigenvalue weighted by Crippen LogP contribution is -2.40. The number of nitrogens with zero attached hydrogens (tertiary/aromatic N) is 1. The Morgan fingerprint density at radius 1 is 1.22 bits per heavy atom. The largest absolute Gasteiger partial charge is 0.380 e. The smallest absolute Gasteiger partial charge is 0.251 e. The minimum Gasteiger partial charge on any atom is -0.380 e. The second-order valence-electron chi connectivity index (χ2n) is 6.95. The predicted molar refractivity (Wildman–Crippen MR) is 93.5 cm³/mol. The van der Waals surface area contributed by atoms with Gasteiger partial charge in [0.1, 0.15) is 0 Å². The van der Waals surface area contributed by atoms with Gasteiger partial charge in [0.05, 0.1) is 6.61 Å². The van der Waals surface area contributed by atoms with E-state index in [4.69, 9.17) is 4.74 Å². The Morgan fingerprint density at radius 2 is 1.87 bits per heavy atom. The third kappa shape index (κ3) is 5.96. The highest BCUT2D eigenvalue weighted by Gasteiger charge is 2.21. The molecule has 1 saturated heterocycles. The molecule has 0 saturated carbocycles. The number of hydrogen-bond donors (Lipinski definition) is 1. The molecule has 1 fully saturated rings. The summed E-state index contributed by atoms with van der Waals surface area (Å²) in [6, 6.07) is 7.60. The molecule has 0 aromatic heterocycles. The molecule has 1 aromatic rings. The summed E-state index contributed by atoms with van der Waals surface area (Å²) in [5, 5.41) is 3.02. The van der Waals surface area contributed by atoms with E-state index in [1.807, 2.05) is 24.3 Å². The Hall–Kier alpha value is -1.39. The molecule has 128 valence electrons. The molecule has 0 bridgehead atoms. The zero-order valence-electron chi connectivity index (χ0n) is 14.7. The number of likely N-dealkylation sites (tertiary alicyclic amines) is 1. The molecule has 2 rings (SSSR count). The van der Waals surface area contributed by atoms with Crippen LogP contribution in [-0.2, 0) is 11.3 Å². The fraction of sp³-hybridized carbons (Fsp3) is 0.632. The number of amides is 1. The molecule has 0 radical (unpaired) electrons. The quantitative estimate of drug-likeness (QED) is 0.786. The Morgan fingerprint density at radius 3 is 2.48 bits per heavy atom. The van der Waals surface area contributed by atoms with Crippen LogP contribution in [-0.4, -0.2) is 44.1 Å². The van der Waals surface area contributed by atoms with Crippen LogP contribution < -0.4 is 5.32 Å². The highest BCUT2D eigenvalue weighted by Crippen LogP contribution is 2.20. The van der Waals surface area contributed by atoms with Crippen LogP contribution in [0.3, 0.4) is 0 Å². The van der Waals surface area contributed by atoms with Gasteiger partial charge in [-0.15, -0.1) is 0 Å². The van der Waals surface area contributed by atoms with Crippen LogP contribution in [0, 0.1) is 11.8 Å². The van der Waals surface area contributed by atoms with Gasteiger partial charge in [0, 0.05) is 32.3 Å². The third-order valence-corrected chi connectivity index (χ3v) is 4.41. The summed E-state index contributed by atoms with van der Waals surface area (Å²) in [6.07, 6.45) is 2.35. The molecule has 0 aliphatic carbocycles.